The van der Waals surface area contributed by atoms with E-state index in [-0.39, 0.29) is 18.9 Å². The molecule has 0 unspecified atom stereocenters. The zero-order valence-electron chi connectivity index (χ0n) is 16.5. The SMILES string of the molecule is C#CCNC(=O)CCCCCCCCCCC(=O)Oc1c(F)c(F)c(F)c(F)c1F. The highest BCUT2D eigenvalue weighted by Gasteiger charge is 2.28. The van der Waals surface area contributed by atoms with Gasteiger partial charge in [0, 0.05) is 12.8 Å². The lowest BCUT2D eigenvalue weighted by Crippen LogP contribution is -2.22. The van der Waals surface area contributed by atoms with Gasteiger partial charge in [-0.05, 0) is 12.8 Å². The minimum absolute atomic E-state index is 0.0642. The maximum Gasteiger partial charge on any atom is 0.311 e. The van der Waals surface area contributed by atoms with E-state index in [9.17, 15) is 31.5 Å². The molecule has 0 saturated heterocycles. The number of hydrogen-bond acceptors (Lipinski definition) is 3. The highest BCUT2D eigenvalue weighted by atomic mass is 19.2. The molecule has 0 fully saturated rings. The van der Waals surface area contributed by atoms with E-state index in [0.29, 0.717) is 19.3 Å². The first-order chi connectivity index (χ1) is 14.3. The van der Waals surface area contributed by atoms with Gasteiger partial charge in [-0.15, -0.1) is 6.42 Å². The predicted molar refractivity (Wildman–Crippen MR) is 99.9 cm³/mol. The van der Waals surface area contributed by atoms with E-state index < -0.39 is 40.8 Å². The molecular weight excluding hydrogens is 409 g/mol. The van der Waals surface area contributed by atoms with Gasteiger partial charge in [-0.3, -0.25) is 9.59 Å². The zero-order valence-corrected chi connectivity index (χ0v) is 16.5. The first kappa shape index (κ1) is 25.4. The second kappa shape index (κ2) is 13.6. The lowest BCUT2D eigenvalue weighted by atomic mass is 10.1. The molecule has 0 heterocycles. The number of rotatable bonds is 13. The van der Waals surface area contributed by atoms with Crippen molar-refractivity contribution in [3.8, 4) is 18.1 Å². The molecular formula is C21H24F5NO3. The van der Waals surface area contributed by atoms with Crippen molar-refractivity contribution in [2.45, 2.75) is 64.2 Å². The number of terminal acetylenes is 1. The van der Waals surface area contributed by atoms with Crippen molar-refractivity contribution in [3.05, 3.63) is 29.1 Å². The van der Waals surface area contributed by atoms with Gasteiger partial charge in [-0.2, -0.15) is 8.78 Å². The van der Waals surface area contributed by atoms with Crippen LogP contribution in [0.5, 0.6) is 5.75 Å². The van der Waals surface area contributed by atoms with E-state index in [1.54, 1.807) is 0 Å². The highest BCUT2D eigenvalue weighted by molar-refractivity contribution is 5.76. The quantitative estimate of drug-likeness (QED) is 0.0912. The van der Waals surface area contributed by atoms with Gasteiger partial charge in [0.1, 0.15) is 0 Å². The Labute approximate surface area is 172 Å². The average Bonchev–Trinajstić information content (AvgIpc) is 2.73. The van der Waals surface area contributed by atoms with E-state index in [4.69, 9.17) is 6.42 Å². The number of esters is 1. The van der Waals surface area contributed by atoms with Gasteiger partial charge in [0.25, 0.3) is 0 Å². The van der Waals surface area contributed by atoms with Crippen LogP contribution >= 0.6 is 0 Å². The fourth-order valence-corrected chi connectivity index (χ4v) is 2.69. The molecule has 9 heteroatoms. The van der Waals surface area contributed by atoms with Crippen LogP contribution in [0.1, 0.15) is 64.2 Å². The summed E-state index contributed by atoms with van der Waals surface area (Å²) in [5.41, 5.74) is 0. The van der Waals surface area contributed by atoms with Crippen molar-refractivity contribution < 1.29 is 36.3 Å². The Bertz CT molecular complexity index is 748. The zero-order chi connectivity index (χ0) is 22.5. The van der Waals surface area contributed by atoms with Crippen LogP contribution in [0.25, 0.3) is 0 Å². The van der Waals surface area contributed by atoms with Gasteiger partial charge in [0.2, 0.25) is 40.7 Å². The van der Waals surface area contributed by atoms with Crippen molar-refractivity contribution in [1.29, 1.82) is 0 Å². The molecule has 0 aromatic heterocycles. The van der Waals surface area contributed by atoms with Gasteiger partial charge in [0.15, 0.2) is 0 Å². The van der Waals surface area contributed by atoms with Crippen LogP contribution in [-0.2, 0) is 9.59 Å². The smallest absolute Gasteiger partial charge is 0.311 e. The second-order valence-corrected chi connectivity index (χ2v) is 6.68. The number of carbonyl (C=O) groups excluding carboxylic acids is 2. The summed E-state index contributed by atoms with van der Waals surface area (Å²) in [5.74, 6) is -11.4. The van der Waals surface area contributed by atoms with Crippen LogP contribution < -0.4 is 10.1 Å². The molecule has 0 saturated carbocycles. The van der Waals surface area contributed by atoms with Crippen molar-refractivity contribution in [2.75, 3.05) is 6.54 Å². The van der Waals surface area contributed by atoms with Crippen molar-refractivity contribution in [1.82, 2.24) is 5.32 Å². The third-order valence-corrected chi connectivity index (χ3v) is 4.31. The van der Waals surface area contributed by atoms with Gasteiger partial charge in [-0.1, -0.05) is 44.4 Å². The second-order valence-electron chi connectivity index (χ2n) is 6.68. The molecule has 1 amide bonds. The molecule has 1 aromatic rings. The summed E-state index contributed by atoms with van der Waals surface area (Å²) >= 11 is 0. The van der Waals surface area contributed by atoms with Crippen molar-refractivity contribution >= 4 is 11.9 Å². The standard InChI is InChI=1S/C21H24F5NO3/c1-2-13-27-14(28)11-9-7-5-3-4-6-8-10-12-15(29)30-21-19(25)17(23)16(22)18(24)20(21)26/h1H,3-13H2,(H,27,28). The third-order valence-electron chi connectivity index (χ3n) is 4.31. The number of carbonyl (C=O) groups is 2. The van der Waals surface area contributed by atoms with Crippen LogP contribution in [0.4, 0.5) is 22.0 Å². The summed E-state index contributed by atoms with van der Waals surface area (Å²) in [6.07, 6.45) is 11.6. The van der Waals surface area contributed by atoms with Crippen LogP contribution in [0.15, 0.2) is 0 Å². The lowest BCUT2D eigenvalue weighted by molar-refractivity contribution is -0.135. The molecule has 1 rings (SSSR count). The summed E-state index contributed by atoms with van der Waals surface area (Å²) in [5, 5.41) is 2.59. The Morgan fingerprint density at radius 1 is 0.733 bits per heavy atom. The monoisotopic (exact) mass is 433 g/mol. The molecule has 0 aliphatic carbocycles. The summed E-state index contributed by atoms with van der Waals surface area (Å²) in [7, 11) is 0. The van der Waals surface area contributed by atoms with Gasteiger partial charge < -0.3 is 10.1 Å². The van der Waals surface area contributed by atoms with Crippen molar-refractivity contribution in [3.63, 3.8) is 0 Å². The molecule has 0 spiro atoms. The fourth-order valence-electron chi connectivity index (χ4n) is 2.69. The van der Waals surface area contributed by atoms with Crippen LogP contribution in [0.2, 0.25) is 0 Å². The van der Waals surface area contributed by atoms with Crippen molar-refractivity contribution in [2.24, 2.45) is 0 Å². The van der Waals surface area contributed by atoms with Crippen LogP contribution in [0.3, 0.4) is 0 Å². The summed E-state index contributed by atoms with van der Waals surface area (Å²) in [6, 6.07) is 0. The number of amides is 1. The Balaban J connectivity index is 2.15. The largest absolute Gasteiger partial charge is 0.420 e. The van der Waals surface area contributed by atoms with Gasteiger partial charge in [0.05, 0.1) is 6.54 Å². The Morgan fingerprint density at radius 2 is 1.17 bits per heavy atom. The first-order valence-corrected chi connectivity index (χ1v) is 9.71. The van der Waals surface area contributed by atoms with Crippen LogP contribution in [-0.4, -0.2) is 18.4 Å². The Kier molecular flexibility index (Phi) is 11.5. The normalized spacial score (nSPS) is 10.5. The predicted octanol–water partition coefficient (Wildman–Crippen LogP) is 4.94. The molecule has 0 atom stereocenters. The van der Waals surface area contributed by atoms with Crippen LogP contribution in [0, 0.1) is 41.4 Å². The topological polar surface area (TPSA) is 55.4 Å². The minimum atomic E-state index is -2.31. The molecule has 0 radical (unpaired) electrons. The average molecular weight is 433 g/mol. The lowest BCUT2D eigenvalue weighted by Gasteiger charge is -2.08. The fraction of sp³-hybridized carbons (Fsp3) is 0.524. The number of unbranched alkanes of at least 4 members (excludes halogenated alkanes) is 7. The summed E-state index contributed by atoms with van der Waals surface area (Å²) in [6.45, 7) is 0.230. The van der Waals surface area contributed by atoms with E-state index in [2.05, 4.69) is 16.0 Å². The number of benzene rings is 1. The summed E-state index contributed by atoms with van der Waals surface area (Å²) in [4.78, 5) is 22.9. The molecule has 0 bridgehead atoms. The third kappa shape index (κ3) is 8.39. The number of halogens is 5. The Morgan fingerprint density at radius 3 is 1.67 bits per heavy atom. The maximum atomic E-state index is 13.5. The van der Waals surface area contributed by atoms with Gasteiger partial charge in [-0.25, -0.2) is 13.2 Å². The molecule has 4 nitrogen and oxygen atoms in total. The minimum Gasteiger partial charge on any atom is -0.420 e. The molecule has 0 aliphatic rings. The van der Waals surface area contributed by atoms with E-state index >= 15 is 0 Å². The number of hydrogen-bond donors (Lipinski definition) is 1. The molecule has 1 N–H and O–H groups in total. The summed E-state index contributed by atoms with van der Waals surface area (Å²) < 4.78 is 70.3. The molecule has 0 aliphatic heterocycles. The van der Waals surface area contributed by atoms with E-state index in [1.165, 1.54) is 0 Å². The molecule has 30 heavy (non-hydrogen) atoms. The van der Waals surface area contributed by atoms with E-state index in [1.807, 2.05) is 0 Å². The van der Waals surface area contributed by atoms with Gasteiger partial charge >= 0.3 is 5.97 Å². The number of nitrogens with one attached hydrogen (secondary N) is 1. The van der Waals surface area contributed by atoms with E-state index in [0.717, 1.165) is 38.5 Å². The number of ether oxygens (including phenoxy) is 1. The Hall–Kier alpha value is -2.63. The molecule has 1 aromatic carbocycles. The highest BCUT2D eigenvalue weighted by Crippen LogP contribution is 2.29. The maximum absolute atomic E-state index is 13.5. The molecule has 166 valence electrons. The first-order valence-electron chi connectivity index (χ1n) is 9.71.